The second-order valence-corrected chi connectivity index (χ2v) is 5.63. The van der Waals surface area contributed by atoms with E-state index in [1.165, 1.54) is 0 Å². The molecule has 3 N–H and O–H groups in total. The molecule has 0 aliphatic heterocycles. The number of aliphatic hydroxyl groups is 2. The lowest BCUT2D eigenvalue weighted by atomic mass is 10.1. The number of hydrogen-bond donors (Lipinski definition) is 3. The highest BCUT2D eigenvalue weighted by molar-refractivity contribution is 5.19. The number of aromatic nitrogens is 2. The Labute approximate surface area is 135 Å². The Balaban J connectivity index is 1.65. The number of imidazole rings is 1. The number of rotatable bonds is 6. The molecule has 2 atom stereocenters. The molecular formula is C19H20N2O2. The fourth-order valence-corrected chi connectivity index (χ4v) is 2.57. The quantitative estimate of drug-likeness (QED) is 0.656. The maximum atomic E-state index is 10.3. The molecule has 0 fully saturated rings. The highest BCUT2D eigenvalue weighted by Gasteiger charge is 2.16. The third-order valence-corrected chi connectivity index (χ3v) is 3.83. The summed E-state index contributed by atoms with van der Waals surface area (Å²) in [7, 11) is 0. The smallest absolute Gasteiger partial charge is 0.135 e. The molecule has 0 amide bonds. The number of nitrogens with one attached hydrogen (secondary N) is 1. The Bertz CT molecular complexity index is 663. The molecule has 0 aliphatic rings. The lowest BCUT2D eigenvalue weighted by Gasteiger charge is -2.10. The Kier molecular flexibility index (Phi) is 4.86. The fraction of sp³-hybridized carbons (Fsp3) is 0.211. The second-order valence-electron chi connectivity index (χ2n) is 5.63. The van der Waals surface area contributed by atoms with Gasteiger partial charge in [0, 0.05) is 12.8 Å². The normalized spacial score (nSPS) is 13.7. The van der Waals surface area contributed by atoms with Crippen molar-refractivity contribution in [2.24, 2.45) is 0 Å². The van der Waals surface area contributed by atoms with Crippen LogP contribution in [0.1, 0.15) is 34.9 Å². The van der Waals surface area contributed by atoms with Gasteiger partial charge in [0.25, 0.3) is 0 Å². The predicted octanol–water partition coefficient (Wildman–Crippen LogP) is 2.96. The zero-order valence-corrected chi connectivity index (χ0v) is 12.8. The van der Waals surface area contributed by atoms with Crippen LogP contribution in [-0.2, 0) is 12.8 Å². The van der Waals surface area contributed by atoms with Crippen molar-refractivity contribution in [1.82, 2.24) is 9.97 Å². The first-order chi connectivity index (χ1) is 11.2. The van der Waals surface area contributed by atoms with E-state index in [2.05, 4.69) is 9.97 Å². The number of hydrogen-bond acceptors (Lipinski definition) is 3. The minimum atomic E-state index is -0.713. The molecule has 1 aromatic heterocycles. The molecule has 118 valence electrons. The molecule has 0 radical (unpaired) electrons. The maximum absolute atomic E-state index is 10.3. The summed E-state index contributed by atoms with van der Waals surface area (Å²) < 4.78 is 0. The van der Waals surface area contributed by atoms with E-state index in [0.29, 0.717) is 24.4 Å². The molecule has 4 heteroatoms. The van der Waals surface area contributed by atoms with Crippen molar-refractivity contribution in [3.05, 3.63) is 89.5 Å². The van der Waals surface area contributed by atoms with Crippen molar-refractivity contribution < 1.29 is 10.2 Å². The van der Waals surface area contributed by atoms with Gasteiger partial charge in [-0.3, -0.25) is 0 Å². The van der Waals surface area contributed by atoms with Crippen LogP contribution in [0.5, 0.6) is 0 Å². The Morgan fingerprint density at radius 1 is 0.783 bits per heavy atom. The van der Waals surface area contributed by atoms with Crippen molar-refractivity contribution in [3.63, 3.8) is 0 Å². The van der Waals surface area contributed by atoms with E-state index in [0.717, 1.165) is 11.1 Å². The topological polar surface area (TPSA) is 69.1 Å². The third kappa shape index (κ3) is 4.06. The van der Waals surface area contributed by atoms with Crippen molar-refractivity contribution in [3.8, 4) is 0 Å². The van der Waals surface area contributed by atoms with Gasteiger partial charge in [0.15, 0.2) is 0 Å². The van der Waals surface area contributed by atoms with Crippen molar-refractivity contribution in [1.29, 1.82) is 0 Å². The van der Waals surface area contributed by atoms with E-state index in [4.69, 9.17) is 0 Å². The van der Waals surface area contributed by atoms with Gasteiger partial charge >= 0.3 is 0 Å². The van der Waals surface area contributed by atoms with Gasteiger partial charge < -0.3 is 15.2 Å². The molecule has 0 unspecified atom stereocenters. The number of benzene rings is 2. The summed E-state index contributed by atoms with van der Waals surface area (Å²) >= 11 is 0. The van der Waals surface area contributed by atoms with E-state index in [9.17, 15) is 10.2 Å². The molecule has 0 saturated carbocycles. The summed E-state index contributed by atoms with van der Waals surface area (Å²) in [6.45, 7) is 0. The van der Waals surface area contributed by atoms with E-state index in [1.54, 1.807) is 6.20 Å². The molecule has 2 aromatic carbocycles. The van der Waals surface area contributed by atoms with Crippen LogP contribution in [-0.4, -0.2) is 20.2 Å². The van der Waals surface area contributed by atoms with E-state index in [-0.39, 0.29) is 0 Å². The van der Waals surface area contributed by atoms with E-state index >= 15 is 0 Å². The van der Waals surface area contributed by atoms with Crippen LogP contribution in [0.25, 0.3) is 0 Å². The molecule has 3 rings (SSSR count). The highest BCUT2D eigenvalue weighted by atomic mass is 16.3. The predicted molar refractivity (Wildman–Crippen MR) is 88.8 cm³/mol. The first kappa shape index (κ1) is 15.5. The highest BCUT2D eigenvalue weighted by Crippen LogP contribution is 2.20. The molecule has 1 heterocycles. The van der Waals surface area contributed by atoms with E-state index in [1.807, 2.05) is 60.7 Å². The standard InChI is InChI=1S/C19H20N2O2/c22-17(11-14-7-3-1-4-8-14)16-13-20-19(21-16)18(23)12-15-9-5-2-6-10-15/h1-10,13,17-18,22-23H,11-12H2,(H,20,21)/t17-,18+/m1/s1. The van der Waals surface area contributed by atoms with Crippen LogP contribution in [0.4, 0.5) is 0 Å². The van der Waals surface area contributed by atoms with Gasteiger partial charge in [-0.15, -0.1) is 0 Å². The maximum Gasteiger partial charge on any atom is 0.135 e. The van der Waals surface area contributed by atoms with Crippen LogP contribution in [0, 0.1) is 0 Å². The summed E-state index contributed by atoms with van der Waals surface area (Å²) in [6, 6.07) is 19.6. The molecule has 0 aliphatic carbocycles. The lowest BCUT2D eigenvalue weighted by molar-refractivity contribution is 0.163. The Morgan fingerprint density at radius 3 is 1.87 bits per heavy atom. The largest absolute Gasteiger partial charge is 0.386 e. The van der Waals surface area contributed by atoms with Gasteiger partial charge in [0.1, 0.15) is 11.9 Å². The van der Waals surface area contributed by atoms with E-state index < -0.39 is 12.2 Å². The Hall–Kier alpha value is -2.43. The summed E-state index contributed by atoms with van der Waals surface area (Å²) in [6.07, 6.45) is 1.22. The van der Waals surface area contributed by atoms with Gasteiger partial charge in [0.2, 0.25) is 0 Å². The number of H-pyrrole nitrogens is 1. The molecular weight excluding hydrogens is 288 g/mol. The zero-order valence-electron chi connectivity index (χ0n) is 12.8. The summed E-state index contributed by atoms with van der Waals surface area (Å²) in [5, 5.41) is 20.6. The Morgan fingerprint density at radius 2 is 1.30 bits per heavy atom. The number of aromatic amines is 1. The molecule has 3 aromatic rings. The first-order valence-electron chi connectivity index (χ1n) is 7.71. The molecule has 0 spiro atoms. The SMILES string of the molecule is O[C@H](Cc1ccccc1)c1cnc([C@@H](O)Cc2ccccc2)[nH]1. The monoisotopic (exact) mass is 308 g/mol. The molecule has 4 nitrogen and oxygen atoms in total. The van der Waals surface area contributed by atoms with Crippen molar-refractivity contribution in [2.45, 2.75) is 25.0 Å². The number of aliphatic hydroxyl groups excluding tert-OH is 2. The molecule has 23 heavy (non-hydrogen) atoms. The minimum Gasteiger partial charge on any atom is -0.386 e. The van der Waals surface area contributed by atoms with Crippen molar-refractivity contribution >= 4 is 0 Å². The van der Waals surface area contributed by atoms with Crippen molar-refractivity contribution in [2.75, 3.05) is 0 Å². The van der Waals surface area contributed by atoms with Gasteiger partial charge in [0.05, 0.1) is 18.0 Å². The van der Waals surface area contributed by atoms with Crippen LogP contribution < -0.4 is 0 Å². The summed E-state index contributed by atoms with van der Waals surface area (Å²) in [5.41, 5.74) is 2.72. The number of nitrogens with zero attached hydrogens (tertiary/aromatic N) is 1. The molecule has 0 bridgehead atoms. The second kappa shape index (κ2) is 7.22. The van der Waals surface area contributed by atoms with Crippen LogP contribution >= 0.6 is 0 Å². The van der Waals surface area contributed by atoms with Crippen LogP contribution in [0.2, 0.25) is 0 Å². The van der Waals surface area contributed by atoms with Gasteiger partial charge in [-0.1, -0.05) is 60.7 Å². The average Bonchev–Trinajstić information content (AvgIpc) is 3.07. The minimum absolute atomic E-state index is 0.482. The third-order valence-electron chi connectivity index (χ3n) is 3.83. The van der Waals surface area contributed by atoms with Gasteiger partial charge in [-0.25, -0.2) is 4.98 Å². The summed E-state index contributed by atoms with van der Waals surface area (Å²) in [4.78, 5) is 7.25. The van der Waals surface area contributed by atoms with Crippen LogP contribution in [0.15, 0.2) is 66.9 Å². The molecule has 0 saturated heterocycles. The first-order valence-corrected chi connectivity index (χ1v) is 7.71. The average molecular weight is 308 g/mol. The zero-order chi connectivity index (χ0) is 16.1. The van der Waals surface area contributed by atoms with Gasteiger partial charge in [-0.2, -0.15) is 0 Å². The van der Waals surface area contributed by atoms with Gasteiger partial charge in [-0.05, 0) is 11.1 Å². The summed E-state index contributed by atoms with van der Waals surface area (Å²) in [5.74, 6) is 0.482. The fourth-order valence-electron chi connectivity index (χ4n) is 2.57. The lowest BCUT2D eigenvalue weighted by Crippen LogP contribution is -2.06. The van der Waals surface area contributed by atoms with Crippen LogP contribution in [0.3, 0.4) is 0 Å².